The van der Waals surface area contributed by atoms with Crippen molar-refractivity contribution in [3.8, 4) is 28.0 Å². The maximum atomic E-state index is 11.5. The highest BCUT2D eigenvalue weighted by atomic mass is 16.5. The molecule has 0 unspecified atom stereocenters. The average Bonchev–Trinajstić information content (AvgIpc) is 3.27. The number of ether oxygens (including phenoxy) is 2. The number of hydrogen-bond donors (Lipinski definition) is 0. The zero-order valence-corrected chi connectivity index (χ0v) is 32.7. The fourth-order valence-electron chi connectivity index (χ4n) is 8.25. The number of nitrogens with zero attached hydrogens (tertiary/aromatic N) is 1. The standard InChI is InChI=1S/C54H43NO3/c1-4-54(56)58-31-13-30-57-43-28-26-40(27-29-43)55(41-24-22-36(2)50(34-41)52-32-38-14-5-7-16-44(38)46-18-9-11-20-48(46)52)42-25-23-37(3)51(35-42)53-33-39-15-6-8-17-45(39)47-19-10-12-21-49(47)53/h4-12,14-29,32-35H,1,13,30-31H2,2-3H3. The van der Waals surface area contributed by atoms with Crippen molar-refractivity contribution in [3.05, 3.63) is 194 Å². The summed E-state index contributed by atoms with van der Waals surface area (Å²) < 4.78 is 11.2. The van der Waals surface area contributed by atoms with Gasteiger partial charge in [-0.2, -0.15) is 0 Å². The van der Waals surface area contributed by atoms with Gasteiger partial charge in [-0.05, 0) is 151 Å². The van der Waals surface area contributed by atoms with Crippen molar-refractivity contribution in [1.82, 2.24) is 0 Å². The van der Waals surface area contributed by atoms with E-state index in [4.69, 9.17) is 9.47 Å². The Kier molecular flexibility index (Phi) is 9.91. The van der Waals surface area contributed by atoms with E-state index in [0.29, 0.717) is 13.0 Å². The molecular formula is C54H43NO3. The van der Waals surface area contributed by atoms with Crippen LogP contribution in [0.3, 0.4) is 0 Å². The lowest BCUT2D eigenvalue weighted by molar-refractivity contribution is -0.137. The lowest BCUT2D eigenvalue weighted by Crippen LogP contribution is -2.11. The van der Waals surface area contributed by atoms with Gasteiger partial charge in [-0.1, -0.05) is 116 Å². The first-order valence-corrected chi connectivity index (χ1v) is 19.8. The summed E-state index contributed by atoms with van der Waals surface area (Å²) in [5.74, 6) is 0.323. The third kappa shape index (κ3) is 6.94. The Balaban J connectivity index is 1.18. The first-order valence-electron chi connectivity index (χ1n) is 19.8. The molecule has 282 valence electrons. The molecule has 0 aromatic heterocycles. The summed E-state index contributed by atoms with van der Waals surface area (Å²) in [4.78, 5) is 13.8. The van der Waals surface area contributed by atoms with Crippen molar-refractivity contribution >= 4 is 66.1 Å². The monoisotopic (exact) mass is 753 g/mol. The first kappa shape index (κ1) is 36.5. The van der Waals surface area contributed by atoms with E-state index in [1.54, 1.807) is 0 Å². The van der Waals surface area contributed by atoms with Crippen molar-refractivity contribution < 1.29 is 14.3 Å². The third-order valence-corrected chi connectivity index (χ3v) is 11.1. The zero-order valence-electron chi connectivity index (χ0n) is 32.7. The fraction of sp³-hybridized carbons (Fsp3) is 0.0926. The molecule has 9 aromatic carbocycles. The smallest absolute Gasteiger partial charge is 0.330 e. The van der Waals surface area contributed by atoms with Crippen LogP contribution in [0.1, 0.15) is 17.5 Å². The quantitative estimate of drug-likeness (QED) is 0.0571. The normalized spacial score (nSPS) is 11.3. The summed E-state index contributed by atoms with van der Waals surface area (Å²) in [6.07, 6.45) is 1.76. The van der Waals surface area contributed by atoms with E-state index in [-0.39, 0.29) is 6.61 Å². The number of fused-ring (bicyclic) bond motifs is 6. The van der Waals surface area contributed by atoms with Gasteiger partial charge in [0, 0.05) is 29.6 Å². The molecule has 0 atom stereocenters. The molecule has 0 fully saturated rings. The summed E-state index contributed by atoms with van der Waals surface area (Å²) in [6, 6.07) is 61.3. The minimum absolute atomic E-state index is 0.279. The molecule has 58 heavy (non-hydrogen) atoms. The van der Waals surface area contributed by atoms with Crippen LogP contribution in [0.2, 0.25) is 0 Å². The van der Waals surface area contributed by atoms with Crippen molar-refractivity contribution in [2.24, 2.45) is 0 Å². The molecule has 0 spiro atoms. The predicted molar refractivity (Wildman–Crippen MR) is 243 cm³/mol. The molecule has 4 nitrogen and oxygen atoms in total. The molecule has 0 saturated carbocycles. The van der Waals surface area contributed by atoms with Gasteiger partial charge >= 0.3 is 5.97 Å². The molecule has 0 aliphatic heterocycles. The van der Waals surface area contributed by atoms with E-state index in [1.807, 2.05) is 12.1 Å². The molecule has 0 bridgehead atoms. The minimum Gasteiger partial charge on any atom is -0.493 e. The summed E-state index contributed by atoms with van der Waals surface area (Å²) in [7, 11) is 0. The van der Waals surface area contributed by atoms with Crippen LogP contribution in [0.25, 0.3) is 65.3 Å². The van der Waals surface area contributed by atoms with Gasteiger partial charge in [-0.25, -0.2) is 4.79 Å². The van der Waals surface area contributed by atoms with Crippen molar-refractivity contribution in [2.75, 3.05) is 18.1 Å². The van der Waals surface area contributed by atoms with Crippen molar-refractivity contribution in [3.63, 3.8) is 0 Å². The summed E-state index contributed by atoms with van der Waals surface area (Å²) in [5, 5.41) is 9.91. The largest absolute Gasteiger partial charge is 0.493 e. The first-order chi connectivity index (χ1) is 28.5. The molecule has 0 aliphatic carbocycles. The number of anilines is 3. The molecule has 0 amide bonds. The summed E-state index contributed by atoms with van der Waals surface area (Å²) in [5.41, 5.74) is 10.3. The van der Waals surface area contributed by atoms with Crippen LogP contribution in [0, 0.1) is 13.8 Å². The highest BCUT2D eigenvalue weighted by molar-refractivity contribution is 6.15. The Labute approximate surface area is 339 Å². The van der Waals surface area contributed by atoms with Gasteiger partial charge in [0.2, 0.25) is 0 Å². The van der Waals surface area contributed by atoms with Gasteiger partial charge in [0.05, 0.1) is 13.2 Å². The van der Waals surface area contributed by atoms with Crippen LogP contribution < -0.4 is 9.64 Å². The molecule has 0 radical (unpaired) electrons. The predicted octanol–water partition coefficient (Wildman–Crippen LogP) is 14.2. The number of rotatable bonds is 11. The average molecular weight is 754 g/mol. The Hall–Kier alpha value is -7.17. The number of carbonyl (C=O) groups excluding carboxylic acids is 1. The number of esters is 1. The Morgan fingerprint density at radius 3 is 1.45 bits per heavy atom. The Morgan fingerprint density at radius 2 is 0.948 bits per heavy atom. The lowest BCUT2D eigenvalue weighted by Gasteiger charge is -2.28. The van der Waals surface area contributed by atoms with Crippen LogP contribution in [0.15, 0.2) is 183 Å². The number of carbonyl (C=O) groups is 1. The number of aryl methyl sites for hydroxylation is 2. The highest BCUT2D eigenvalue weighted by Crippen LogP contribution is 2.44. The van der Waals surface area contributed by atoms with E-state index in [0.717, 1.165) is 22.8 Å². The van der Waals surface area contributed by atoms with E-state index in [9.17, 15) is 4.79 Å². The minimum atomic E-state index is -0.425. The molecular weight excluding hydrogens is 711 g/mol. The van der Waals surface area contributed by atoms with Gasteiger partial charge in [0.25, 0.3) is 0 Å². The maximum Gasteiger partial charge on any atom is 0.330 e. The van der Waals surface area contributed by atoms with Crippen LogP contribution in [-0.2, 0) is 9.53 Å². The van der Waals surface area contributed by atoms with E-state index < -0.39 is 5.97 Å². The second kappa shape index (κ2) is 15.8. The maximum absolute atomic E-state index is 11.5. The molecule has 0 saturated heterocycles. The van der Waals surface area contributed by atoms with Crippen LogP contribution >= 0.6 is 0 Å². The van der Waals surface area contributed by atoms with Gasteiger partial charge in [-0.3, -0.25) is 0 Å². The van der Waals surface area contributed by atoms with E-state index >= 15 is 0 Å². The van der Waals surface area contributed by atoms with Gasteiger partial charge in [0.15, 0.2) is 0 Å². The molecule has 9 rings (SSSR count). The lowest BCUT2D eigenvalue weighted by atomic mass is 9.90. The number of benzene rings is 9. The van der Waals surface area contributed by atoms with Gasteiger partial charge in [-0.15, -0.1) is 0 Å². The summed E-state index contributed by atoms with van der Waals surface area (Å²) in [6.45, 7) is 8.57. The third-order valence-electron chi connectivity index (χ3n) is 11.1. The van der Waals surface area contributed by atoms with Gasteiger partial charge in [0.1, 0.15) is 5.75 Å². The SMILES string of the molecule is C=CC(=O)OCCCOc1ccc(N(c2ccc(C)c(-c3cc4ccccc4c4ccccc34)c2)c2ccc(C)c(-c3cc4ccccc4c4ccccc34)c2)cc1. The van der Waals surface area contributed by atoms with Crippen LogP contribution in [-0.4, -0.2) is 19.2 Å². The van der Waals surface area contributed by atoms with E-state index in [2.05, 4.69) is 183 Å². The molecule has 4 heteroatoms. The fourth-order valence-corrected chi connectivity index (χ4v) is 8.25. The van der Waals surface area contributed by atoms with Gasteiger partial charge < -0.3 is 14.4 Å². The van der Waals surface area contributed by atoms with Crippen molar-refractivity contribution in [2.45, 2.75) is 20.3 Å². The summed E-state index contributed by atoms with van der Waals surface area (Å²) >= 11 is 0. The van der Waals surface area contributed by atoms with Crippen LogP contribution in [0.4, 0.5) is 17.1 Å². The van der Waals surface area contributed by atoms with E-state index in [1.165, 1.54) is 82.5 Å². The number of hydrogen-bond acceptors (Lipinski definition) is 4. The Morgan fingerprint density at radius 1 is 0.500 bits per heavy atom. The highest BCUT2D eigenvalue weighted by Gasteiger charge is 2.19. The second-order valence-corrected chi connectivity index (χ2v) is 14.8. The molecule has 0 N–H and O–H groups in total. The van der Waals surface area contributed by atoms with Crippen molar-refractivity contribution in [1.29, 1.82) is 0 Å². The molecule has 0 heterocycles. The zero-order chi connectivity index (χ0) is 39.6. The topological polar surface area (TPSA) is 38.8 Å². The van der Waals surface area contributed by atoms with Crippen LogP contribution in [0.5, 0.6) is 5.75 Å². The Bertz CT molecular complexity index is 2830. The molecule has 9 aromatic rings. The molecule has 0 aliphatic rings. The second-order valence-electron chi connectivity index (χ2n) is 14.8.